The molecule has 0 fully saturated rings. The number of hydrogen-bond donors (Lipinski definition) is 4. The smallest absolute Gasteiger partial charge is 0.243 e. The minimum Gasteiger partial charge on any atom is -0.368 e. The average Bonchev–Trinajstić information content (AvgIpc) is 2.35. The zero-order valence-corrected chi connectivity index (χ0v) is 13.1. The Balaban J connectivity index is 4.67. The van der Waals surface area contributed by atoms with Crippen molar-refractivity contribution in [2.45, 2.75) is 58.5 Å². The normalized spacial score (nSPS) is 13.6. The molecule has 0 bridgehead atoms. The lowest BCUT2D eigenvalue weighted by Gasteiger charge is -2.22. The highest BCUT2D eigenvalue weighted by atomic mass is 16.2. The van der Waals surface area contributed by atoms with E-state index >= 15 is 0 Å². The van der Waals surface area contributed by atoms with E-state index in [0.29, 0.717) is 19.4 Å². The minimum absolute atomic E-state index is 0.222. The molecule has 2 unspecified atom stereocenters. The van der Waals surface area contributed by atoms with E-state index in [1.165, 1.54) is 6.92 Å². The molecule has 21 heavy (non-hydrogen) atoms. The third-order valence-electron chi connectivity index (χ3n) is 3.01. The minimum atomic E-state index is -0.719. The Morgan fingerprint density at radius 3 is 2.10 bits per heavy atom. The Hall–Kier alpha value is -1.63. The van der Waals surface area contributed by atoms with Gasteiger partial charge >= 0.3 is 0 Å². The van der Waals surface area contributed by atoms with E-state index in [9.17, 15) is 14.4 Å². The van der Waals surface area contributed by atoms with Crippen molar-refractivity contribution >= 4 is 17.7 Å². The number of amides is 3. The second-order valence-corrected chi connectivity index (χ2v) is 5.63. The van der Waals surface area contributed by atoms with Crippen LogP contribution in [0.2, 0.25) is 0 Å². The Morgan fingerprint density at radius 1 is 1.05 bits per heavy atom. The van der Waals surface area contributed by atoms with E-state index in [0.717, 1.165) is 12.8 Å². The first-order valence-electron chi connectivity index (χ1n) is 7.34. The molecule has 2 atom stereocenters. The van der Waals surface area contributed by atoms with Gasteiger partial charge in [-0.15, -0.1) is 0 Å². The molecule has 0 spiro atoms. The fourth-order valence-electron chi connectivity index (χ4n) is 2.00. The number of carbonyl (C=O) groups is 3. The predicted octanol–water partition coefficient (Wildman–Crippen LogP) is -0.364. The lowest BCUT2D eigenvalue weighted by molar-refractivity contribution is -0.131. The standard InChI is InChI=1S/C14H28N4O3/c1-9(2)8-12(13(16)20)18-14(21)11(17-10(3)19)6-4-5-7-15/h9,11-12H,4-8,15H2,1-3H3,(H2,16,20)(H,17,19)(H,18,21). The van der Waals surface area contributed by atoms with Crippen LogP contribution < -0.4 is 22.1 Å². The zero-order valence-electron chi connectivity index (χ0n) is 13.1. The molecule has 0 aliphatic carbocycles. The molecule has 7 nitrogen and oxygen atoms in total. The van der Waals surface area contributed by atoms with Gasteiger partial charge in [0.25, 0.3) is 0 Å². The Labute approximate surface area is 126 Å². The van der Waals surface area contributed by atoms with Gasteiger partial charge in [0.05, 0.1) is 0 Å². The quantitative estimate of drug-likeness (QED) is 0.411. The third kappa shape index (κ3) is 9.01. The van der Waals surface area contributed by atoms with E-state index < -0.39 is 18.0 Å². The monoisotopic (exact) mass is 300 g/mol. The van der Waals surface area contributed by atoms with E-state index in [4.69, 9.17) is 11.5 Å². The highest BCUT2D eigenvalue weighted by Gasteiger charge is 2.25. The predicted molar refractivity (Wildman–Crippen MR) is 81.1 cm³/mol. The molecule has 0 aromatic rings. The van der Waals surface area contributed by atoms with E-state index in [1.54, 1.807) is 0 Å². The van der Waals surface area contributed by atoms with Crippen molar-refractivity contribution in [2.75, 3.05) is 6.54 Å². The van der Waals surface area contributed by atoms with Gasteiger partial charge in [0.1, 0.15) is 12.1 Å². The van der Waals surface area contributed by atoms with Gasteiger partial charge in [-0.25, -0.2) is 0 Å². The number of nitrogens with two attached hydrogens (primary N) is 2. The van der Waals surface area contributed by atoms with Crippen LogP contribution in [0.1, 0.15) is 46.5 Å². The van der Waals surface area contributed by atoms with Crippen molar-refractivity contribution < 1.29 is 14.4 Å². The summed E-state index contributed by atoms with van der Waals surface area (Å²) in [6.07, 6.45) is 2.45. The van der Waals surface area contributed by atoms with Crippen LogP contribution in [0.25, 0.3) is 0 Å². The summed E-state index contributed by atoms with van der Waals surface area (Å²) in [4.78, 5) is 34.8. The van der Waals surface area contributed by atoms with Gasteiger partial charge in [0, 0.05) is 6.92 Å². The van der Waals surface area contributed by atoms with Gasteiger partial charge in [-0.2, -0.15) is 0 Å². The van der Waals surface area contributed by atoms with Crippen LogP contribution in [0.5, 0.6) is 0 Å². The van der Waals surface area contributed by atoms with Crippen LogP contribution in [-0.2, 0) is 14.4 Å². The average molecular weight is 300 g/mol. The molecule has 6 N–H and O–H groups in total. The van der Waals surface area contributed by atoms with Gasteiger partial charge in [-0.3, -0.25) is 14.4 Å². The summed E-state index contributed by atoms with van der Waals surface area (Å²) in [5.74, 6) is -1.02. The van der Waals surface area contributed by atoms with Crippen LogP contribution in [0.4, 0.5) is 0 Å². The van der Waals surface area contributed by atoms with Crippen LogP contribution in [0, 0.1) is 5.92 Å². The second kappa shape index (κ2) is 10.1. The van der Waals surface area contributed by atoms with Crippen LogP contribution >= 0.6 is 0 Å². The van der Waals surface area contributed by atoms with Crippen LogP contribution in [-0.4, -0.2) is 36.3 Å². The molecule has 0 heterocycles. The van der Waals surface area contributed by atoms with Crippen molar-refractivity contribution in [3.05, 3.63) is 0 Å². The molecule has 0 radical (unpaired) electrons. The maximum atomic E-state index is 12.2. The topological polar surface area (TPSA) is 127 Å². The molecule has 0 aliphatic rings. The molecule has 0 aromatic carbocycles. The molecule has 3 amide bonds. The molecule has 7 heteroatoms. The molecular weight excluding hydrogens is 272 g/mol. The zero-order chi connectivity index (χ0) is 16.4. The first-order chi connectivity index (χ1) is 9.77. The number of rotatable bonds is 10. The molecular formula is C14H28N4O3. The SMILES string of the molecule is CC(=O)NC(CCCCN)C(=O)NC(CC(C)C)C(N)=O. The fraction of sp³-hybridized carbons (Fsp3) is 0.786. The fourth-order valence-corrected chi connectivity index (χ4v) is 2.00. The van der Waals surface area contributed by atoms with E-state index in [1.807, 2.05) is 13.8 Å². The first-order valence-corrected chi connectivity index (χ1v) is 7.34. The summed E-state index contributed by atoms with van der Waals surface area (Å²) in [7, 11) is 0. The van der Waals surface area contributed by atoms with Crippen molar-refractivity contribution in [1.82, 2.24) is 10.6 Å². The van der Waals surface area contributed by atoms with Gasteiger partial charge < -0.3 is 22.1 Å². The lowest BCUT2D eigenvalue weighted by atomic mass is 10.0. The molecule has 0 saturated heterocycles. The van der Waals surface area contributed by atoms with Crippen molar-refractivity contribution in [2.24, 2.45) is 17.4 Å². The summed E-state index contributed by atoms with van der Waals surface area (Å²) in [5, 5.41) is 5.21. The van der Waals surface area contributed by atoms with Gasteiger partial charge in [-0.1, -0.05) is 13.8 Å². The third-order valence-corrected chi connectivity index (χ3v) is 3.01. The second-order valence-electron chi connectivity index (χ2n) is 5.63. The summed E-state index contributed by atoms with van der Waals surface area (Å²) < 4.78 is 0. The first kappa shape index (κ1) is 19.4. The number of primary amides is 1. The van der Waals surface area contributed by atoms with Crippen molar-refractivity contribution in [1.29, 1.82) is 0 Å². The summed E-state index contributed by atoms with van der Waals surface area (Å²) in [5.41, 5.74) is 10.7. The maximum Gasteiger partial charge on any atom is 0.243 e. The molecule has 0 aliphatic heterocycles. The molecule has 0 rings (SSSR count). The summed E-state index contributed by atoms with van der Waals surface area (Å²) in [6, 6.07) is -1.38. The highest BCUT2D eigenvalue weighted by Crippen LogP contribution is 2.06. The molecule has 0 aromatic heterocycles. The van der Waals surface area contributed by atoms with Gasteiger partial charge in [-0.05, 0) is 38.1 Å². The van der Waals surface area contributed by atoms with E-state index in [2.05, 4.69) is 10.6 Å². The van der Waals surface area contributed by atoms with Crippen molar-refractivity contribution in [3.8, 4) is 0 Å². The Bertz CT molecular complexity index is 358. The molecule has 0 saturated carbocycles. The Kier molecular flexibility index (Phi) is 9.36. The van der Waals surface area contributed by atoms with Gasteiger partial charge in [0.15, 0.2) is 0 Å². The Morgan fingerprint density at radius 2 is 1.67 bits per heavy atom. The summed E-state index contributed by atoms with van der Waals surface area (Å²) >= 11 is 0. The van der Waals surface area contributed by atoms with Crippen LogP contribution in [0.15, 0.2) is 0 Å². The summed E-state index contributed by atoms with van der Waals surface area (Å²) in [6.45, 7) is 5.76. The van der Waals surface area contributed by atoms with Gasteiger partial charge in [0.2, 0.25) is 17.7 Å². The number of unbranched alkanes of at least 4 members (excludes halogenated alkanes) is 1. The molecule has 122 valence electrons. The van der Waals surface area contributed by atoms with Crippen molar-refractivity contribution in [3.63, 3.8) is 0 Å². The lowest BCUT2D eigenvalue weighted by Crippen LogP contribution is -2.53. The number of nitrogens with one attached hydrogen (secondary N) is 2. The largest absolute Gasteiger partial charge is 0.368 e. The maximum absolute atomic E-state index is 12.2. The van der Waals surface area contributed by atoms with Crippen LogP contribution in [0.3, 0.4) is 0 Å². The van der Waals surface area contributed by atoms with E-state index in [-0.39, 0.29) is 17.7 Å². The number of carbonyl (C=O) groups excluding carboxylic acids is 3. The number of hydrogen-bond acceptors (Lipinski definition) is 4. The highest BCUT2D eigenvalue weighted by molar-refractivity contribution is 5.91.